The molecular formula is C19H16O12. The molecule has 0 N–H and O–H groups in total. The van der Waals surface area contributed by atoms with Crippen molar-refractivity contribution in [3.8, 4) is 0 Å². The van der Waals surface area contributed by atoms with E-state index in [4.69, 9.17) is 0 Å². The molecule has 0 radical (unpaired) electrons. The summed E-state index contributed by atoms with van der Waals surface area (Å²) in [6.45, 7) is 4.68. The van der Waals surface area contributed by atoms with Crippen molar-refractivity contribution < 1.29 is 57.3 Å². The van der Waals surface area contributed by atoms with Gasteiger partial charge in [-0.2, -0.15) is 0 Å². The fraction of sp³-hybridized carbons (Fsp3) is 0.263. The molecule has 31 heavy (non-hydrogen) atoms. The van der Waals surface area contributed by atoms with Crippen molar-refractivity contribution >= 4 is 47.8 Å². The van der Waals surface area contributed by atoms with Crippen LogP contribution in [-0.4, -0.2) is 47.8 Å². The molecule has 0 aliphatic carbocycles. The van der Waals surface area contributed by atoms with Crippen LogP contribution in [0.5, 0.6) is 0 Å². The predicted molar refractivity (Wildman–Crippen MR) is 94.9 cm³/mol. The highest BCUT2D eigenvalue weighted by atomic mass is 16.6. The smallest absolute Gasteiger partial charge is 0.342 e. The maximum absolute atomic E-state index is 10.5. The summed E-state index contributed by atoms with van der Waals surface area (Å²) in [5, 5.41) is 0. The normalized spacial score (nSPS) is 18.7. The highest BCUT2D eigenvalue weighted by Crippen LogP contribution is 2.14. The van der Waals surface area contributed by atoms with Crippen LogP contribution in [0.15, 0.2) is 34.9 Å². The molecule has 1 saturated heterocycles. The highest BCUT2D eigenvalue weighted by Gasteiger charge is 2.25. The molecule has 0 saturated carbocycles. The molecule has 164 valence electrons. The number of rotatable bonds is 0. The summed E-state index contributed by atoms with van der Waals surface area (Å²) in [5.74, 6) is -4.08. The van der Waals surface area contributed by atoms with Crippen LogP contribution in [0.25, 0.3) is 0 Å². The Labute approximate surface area is 174 Å². The molecule has 0 atom stereocenters. The van der Waals surface area contributed by atoms with E-state index in [2.05, 4.69) is 18.9 Å². The summed E-state index contributed by atoms with van der Waals surface area (Å²) >= 11 is 0. The first kappa shape index (κ1) is 24.8. The van der Waals surface area contributed by atoms with Gasteiger partial charge in [-0.25, -0.2) is 28.8 Å². The number of hydrogen-bond acceptors (Lipinski definition) is 12. The second-order valence-corrected chi connectivity index (χ2v) is 5.88. The van der Waals surface area contributed by atoms with Crippen molar-refractivity contribution in [3.05, 3.63) is 34.9 Å². The second-order valence-electron chi connectivity index (χ2n) is 5.88. The first-order valence-electron chi connectivity index (χ1n) is 8.46. The van der Waals surface area contributed by atoms with Gasteiger partial charge in [0, 0.05) is 34.9 Å². The van der Waals surface area contributed by atoms with E-state index in [1.165, 1.54) is 13.0 Å². The van der Waals surface area contributed by atoms with Gasteiger partial charge < -0.3 is 18.9 Å². The third-order valence-electron chi connectivity index (χ3n) is 3.53. The number of carbonyl (C=O) groups is 8. The molecule has 0 aromatic carbocycles. The standard InChI is InChI=1S/C6H6O3.C5H4O3.C4H4O3.C4H2O3/c1-3-4(2)6(8)9-5(3)7;1-3-2-4(6)8-5(3)7;2*5-3-1-2-4(6)7-3/h1-2H3;2H,1H3;1-2H2;1-2H. The molecule has 0 unspecified atom stereocenters. The van der Waals surface area contributed by atoms with Gasteiger partial charge in [-0.1, -0.05) is 0 Å². The van der Waals surface area contributed by atoms with Gasteiger partial charge in [-0.05, 0) is 20.8 Å². The van der Waals surface area contributed by atoms with E-state index >= 15 is 0 Å². The van der Waals surface area contributed by atoms with Crippen LogP contribution >= 0.6 is 0 Å². The summed E-state index contributed by atoms with van der Waals surface area (Å²) in [7, 11) is 0. The zero-order chi connectivity index (χ0) is 23.7. The highest BCUT2D eigenvalue weighted by molar-refractivity contribution is 6.11. The third-order valence-corrected chi connectivity index (χ3v) is 3.53. The molecule has 12 heteroatoms. The lowest BCUT2D eigenvalue weighted by Crippen LogP contribution is -2.00. The monoisotopic (exact) mass is 436 g/mol. The molecule has 0 bridgehead atoms. The minimum atomic E-state index is -0.579. The Bertz CT molecular complexity index is 908. The van der Waals surface area contributed by atoms with Crippen LogP contribution in [0.1, 0.15) is 33.6 Å². The molecular weight excluding hydrogens is 420 g/mol. The Morgan fingerprint density at radius 2 is 1.00 bits per heavy atom. The van der Waals surface area contributed by atoms with Crippen molar-refractivity contribution in [1.82, 2.24) is 0 Å². The Kier molecular flexibility index (Phi) is 8.88. The van der Waals surface area contributed by atoms with E-state index in [1.807, 2.05) is 0 Å². The zero-order valence-corrected chi connectivity index (χ0v) is 16.5. The van der Waals surface area contributed by atoms with Crippen LogP contribution in [-0.2, 0) is 57.3 Å². The van der Waals surface area contributed by atoms with Crippen LogP contribution < -0.4 is 0 Å². The molecule has 1 fully saturated rings. The molecule has 4 rings (SSSR count). The summed E-state index contributed by atoms with van der Waals surface area (Å²) in [6.07, 6.45) is 3.87. The number of esters is 8. The van der Waals surface area contributed by atoms with Crippen molar-refractivity contribution in [3.63, 3.8) is 0 Å². The van der Waals surface area contributed by atoms with E-state index in [9.17, 15) is 38.4 Å². The zero-order valence-electron chi connectivity index (χ0n) is 16.5. The van der Waals surface area contributed by atoms with Crippen LogP contribution in [0.2, 0.25) is 0 Å². The van der Waals surface area contributed by atoms with Crippen molar-refractivity contribution in [2.24, 2.45) is 0 Å². The van der Waals surface area contributed by atoms with E-state index < -0.39 is 47.8 Å². The summed E-state index contributed by atoms with van der Waals surface area (Å²) < 4.78 is 16.4. The van der Waals surface area contributed by atoms with Gasteiger partial charge in [0.15, 0.2) is 0 Å². The first-order chi connectivity index (χ1) is 14.4. The number of hydrogen-bond donors (Lipinski definition) is 0. The molecule has 4 aliphatic heterocycles. The van der Waals surface area contributed by atoms with E-state index in [-0.39, 0.29) is 12.8 Å². The quantitative estimate of drug-likeness (QED) is 0.281. The van der Waals surface area contributed by atoms with Crippen LogP contribution in [0.4, 0.5) is 0 Å². The minimum absolute atomic E-state index is 0.263. The molecule has 0 aromatic rings. The van der Waals surface area contributed by atoms with E-state index in [1.54, 1.807) is 13.8 Å². The van der Waals surface area contributed by atoms with Crippen molar-refractivity contribution in [2.45, 2.75) is 33.6 Å². The predicted octanol–water partition coefficient (Wildman–Crippen LogP) is -0.102. The lowest BCUT2D eigenvalue weighted by molar-refractivity contribution is -0.153. The van der Waals surface area contributed by atoms with Gasteiger partial charge in [-0.3, -0.25) is 9.59 Å². The Balaban J connectivity index is 0.000000208. The van der Waals surface area contributed by atoms with Gasteiger partial charge in [0.25, 0.3) is 0 Å². The molecule has 0 spiro atoms. The van der Waals surface area contributed by atoms with E-state index in [0.717, 1.165) is 12.2 Å². The molecule has 4 aliphatic rings. The Hall–Kier alpha value is -4.22. The number of ether oxygens (including phenoxy) is 4. The van der Waals surface area contributed by atoms with Gasteiger partial charge in [-0.15, -0.1) is 0 Å². The van der Waals surface area contributed by atoms with Gasteiger partial charge >= 0.3 is 47.8 Å². The SMILES string of the molecule is CC1=C(C)C(=O)OC1=O.CC1=CC(=O)OC1=O.O=C1C=CC(=O)O1.O=C1CCC(=O)O1. The largest absolute Gasteiger partial charge is 0.393 e. The fourth-order valence-electron chi connectivity index (χ4n) is 1.72. The number of cyclic esters (lactones) is 8. The van der Waals surface area contributed by atoms with Crippen LogP contribution in [0, 0.1) is 0 Å². The minimum Gasteiger partial charge on any atom is -0.393 e. The molecule has 4 heterocycles. The fourth-order valence-corrected chi connectivity index (χ4v) is 1.72. The van der Waals surface area contributed by atoms with Crippen molar-refractivity contribution in [1.29, 1.82) is 0 Å². The molecule has 12 nitrogen and oxygen atoms in total. The summed E-state index contributed by atoms with van der Waals surface area (Å²) in [5.41, 5.74) is 1.20. The molecule has 0 aromatic heterocycles. The lowest BCUT2D eigenvalue weighted by atomic mass is 10.2. The average molecular weight is 436 g/mol. The van der Waals surface area contributed by atoms with E-state index in [0.29, 0.717) is 16.7 Å². The lowest BCUT2D eigenvalue weighted by Gasteiger charge is -1.84. The second kappa shape index (κ2) is 11.1. The van der Waals surface area contributed by atoms with Gasteiger partial charge in [0.2, 0.25) is 0 Å². The average Bonchev–Trinajstić information content (AvgIpc) is 3.39. The van der Waals surface area contributed by atoms with Gasteiger partial charge in [0.1, 0.15) is 0 Å². The summed E-state index contributed by atoms with van der Waals surface area (Å²) in [4.78, 5) is 81.3. The maximum atomic E-state index is 10.5. The van der Waals surface area contributed by atoms with Crippen molar-refractivity contribution in [2.75, 3.05) is 0 Å². The molecule has 0 amide bonds. The van der Waals surface area contributed by atoms with Crippen LogP contribution in [0.3, 0.4) is 0 Å². The first-order valence-corrected chi connectivity index (χ1v) is 8.46. The van der Waals surface area contributed by atoms with Gasteiger partial charge in [0.05, 0.1) is 12.8 Å². The Morgan fingerprint density at radius 3 is 1.13 bits per heavy atom. The number of carbonyl (C=O) groups excluding carboxylic acids is 8. The maximum Gasteiger partial charge on any atom is 0.342 e. The Morgan fingerprint density at radius 1 is 0.548 bits per heavy atom. The topological polar surface area (TPSA) is 173 Å². The summed E-state index contributed by atoms with van der Waals surface area (Å²) in [6, 6.07) is 0. The third kappa shape index (κ3) is 8.35.